The summed E-state index contributed by atoms with van der Waals surface area (Å²) in [5, 5.41) is 5.18. The Morgan fingerprint density at radius 1 is 1.32 bits per heavy atom. The van der Waals surface area contributed by atoms with Crippen LogP contribution in [0.4, 0.5) is 0 Å². The number of hydrogen-bond donors (Lipinski definition) is 2. The largest absolute Gasteiger partial charge is 0.383 e. The Kier molecular flexibility index (Phi) is 6.52. The van der Waals surface area contributed by atoms with Gasteiger partial charge in [0.2, 0.25) is 5.91 Å². The van der Waals surface area contributed by atoms with Crippen LogP contribution in [0.25, 0.3) is 0 Å². The van der Waals surface area contributed by atoms with Gasteiger partial charge in [-0.2, -0.15) is 0 Å². The number of halogens is 1. The lowest BCUT2D eigenvalue weighted by atomic mass is 10.1. The van der Waals surface area contributed by atoms with E-state index in [0.29, 0.717) is 18.7 Å². The van der Waals surface area contributed by atoms with Crippen molar-refractivity contribution in [3.8, 4) is 0 Å². The monoisotopic (exact) mass is 328 g/mol. The summed E-state index contributed by atoms with van der Waals surface area (Å²) in [4.78, 5) is 23.2. The van der Waals surface area contributed by atoms with Crippen molar-refractivity contribution in [1.82, 2.24) is 10.6 Å². The van der Waals surface area contributed by atoms with E-state index in [1.807, 2.05) is 13.0 Å². The number of aryl methyl sites for hydroxylation is 1. The second-order valence-corrected chi connectivity index (χ2v) is 4.84. The maximum Gasteiger partial charge on any atom is 0.251 e. The molecule has 0 atom stereocenters. The normalized spacial score (nSPS) is 10.1. The van der Waals surface area contributed by atoms with Crippen LogP contribution in [0.3, 0.4) is 0 Å². The number of ether oxygens (including phenoxy) is 1. The molecule has 0 aromatic heterocycles. The quantitative estimate of drug-likeness (QED) is 0.772. The number of methoxy groups -OCH3 is 1. The number of rotatable bonds is 6. The van der Waals surface area contributed by atoms with Gasteiger partial charge < -0.3 is 15.4 Å². The molecule has 0 unspecified atom stereocenters. The van der Waals surface area contributed by atoms with Crippen molar-refractivity contribution in [3.05, 3.63) is 33.8 Å². The first-order chi connectivity index (χ1) is 9.04. The van der Waals surface area contributed by atoms with Gasteiger partial charge in [0.1, 0.15) is 0 Å². The first kappa shape index (κ1) is 15.7. The fourth-order valence-corrected chi connectivity index (χ4v) is 1.73. The van der Waals surface area contributed by atoms with E-state index < -0.39 is 0 Å². The predicted molar refractivity (Wildman–Crippen MR) is 76.1 cm³/mol. The minimum absolute atomic E-state index is 0.0476. The van der Waals surface area contributed by atoms with Gasteiger partial charge in [-0.1, -0.05) is 22.0 Å². The van der Waals surface area contributed by atoms with Crippen molar-refractivity contribution < 1.29 is 14.3 Å². The van der Waals surface area contributed by atoms with E-state index in [9.17, 15) is 9.59 Å². The van der Waals surface area contributed by atoms with Gasteiger partial charge in [0.25, 0.3) is 5.91 Å². The molecule has 2 N–H and O–H groups in total. The first-order valence-corrected chi connectivity index (χ1v) is 6.64. The van der Waals surface area contributed by atoms with Crippen molar-refractivity contribution in [1.29, 1.82) is 0 Å². The zero-order valence-corrected chi connectivity index (χ0v) is 12.5. The molecule has 1 rings (SSSR count). The number of carbonyl (C=O) groups excluding carboxylic acids is 2. The Hall–Kier alpha value is -1.40. The number of hydrogen-bond acceptors (Lipinski definition) is 3. The molecule has 0 heterocycles. The number of carbonyl (C=O) groups is 2. The fraction of sp³-hybridized carbons (Fsp3) is 0.385. The first-order valence-electron chi connectivity index (χ1n) is 5.84. The van der Waals surface area contributed by atoms with Crippen LogP contribution in [-0.2, 0) is 9.53 Å². The molecule has 0 spiro atoms. The summed E-state index contributed by atoms with van der Waals surface area (Å²) < 4.78 is 5.67. The maximum absolute atomic E-state index is 11.8. The second kappa shape index (κ2) is 7.91. The number of benzene rings is 1. The highest BCUT2D eigenvalue weighted by atomic mass is 79.9. The van der Waals surface area contributed by atoms with E-state index in [-0.39, 0.29) is 18.4 Å². The third-order valence-corrected chi connectivity index (χ3v) is 3.33. The van der Waals surface area contributed by atoms with Crippen LogP contribution in [0.2, 0.25) is 0 Å². The van der Waals surface area contributed by atoms with Crippen molar-refractivity contribution >= 4 is 27.7 Å². The maximum atomic E-state index is 11.8. The summed E-state index contributed by atoms with van der Waals surface area (Å²) >= 11 is 3.36. The molecular formula is C13H17BrN2O3. The molecule has 2 amide bonds. The van der Waals surface area contributed by atoms with Gasteiger partial charge in [-0.3, -0.25) is 9.59 Å². The average molecular weight is 329 g/mol. The molecule has 0 radical (unpaired) electrons. The van der Waals surface area contributed by atoms with Gasteiger partial charge in [0.15, 0.2) is 0 Å². The van der Waals surface area contributed by atoms with Gasteiger partial charge in [-0.05, 0) is 24.6 Å². The standard InChI is InChI=1S/C13H17BrN2O3/c1-9-3-4-10(7-11(9)14)13(18)16-8-12(17)15-5-6-19-2/h3-4,7H,5-6,8H2,1-2H3,(H,15,17)(H,16,18). The minimum atomic E-state index is -0.275. The number of amides is 2. The Bertz CT molecular complexity index is 463. The zero-order chi connectivity index (χ0) is 14.3. The lowest BCUT2D eigenvalue weighted by molar-refractivity contribution is -0.120. The highest BCUT2D eigenvalue weighted by Gasteiger charge is 2.08. The highest BCUT2D eigenvalue weighted by Crippen LogP contribution is 2.17. The van der Waals surface area contributed by atoms with Crippen LogP contribution in [0.5, 0.6) is 0 Å². The molecule has 0 fully saturated rings. The molecule has 0 saturated heterocycles. The topological polar surface area (TPSA) is 67.4 Å². The molecule has 0 bridgehead atoms. The summed E-state index contributed by atoms with van der Waals surface area (Å²) in [6.07, 6.45) is 0. The van der Waals surface area contributed by atoms with E-state index in [4.69, 9.17) is 4.74 Å². The van der Waals surface area contributed by atoms with Crippen LogP contribution in [-0.4, -0.2) is 38.6 Å². The van der Waals surface area contributed by atoms with Crippen LogP contribution in [0.15, 0.2) is 22.7 Å². The Labute approximate surface area is 120 Å². The Balaban J connectivity index is 2.42. The van der Waals surface area contributed by atoms with Crippen molar-refractivity contribution in [2.45, 2.75) is 6.92 Å². The molecule has 5 nitrogen and oxygen atoms in total. The van der Waals surface area contributed by atoms with Gasteiger partial charge in [-0.25, -0.2) is 0 Å². The van der Waals surface area contributed by atoms with Gasteiger partial charge in [0.05, 0.1) is 13.2 Å². The van der Waals surface area contributed by atoms with Crippen LogP contribution in [0.1, 0.15) is 15.9 Å². The molecule has 1 aromatic carbocycles. The molecule has 6 heteroatoms. The van der Waals surface area contributed by atoms with E-state index in [2.05, 4.69) is 26.6 Å². The fourth-order valence-electron chi connectivity index (χ4n) is 1.35. The summed E-state index contributed by atoms with van der Waals surface area (Å²) in [5.74, 6) is -0.515. The van der Waals surface area contributed by atoms with Gasteiger partial charge in [0, 0.05) is 23.7 Å². The lowest BCUT2D eigenvalue weighted by Crippen LogP contribution is -2.38. The third-order valence-electron chi connectivity index (χ3n) is 2.47. The Morgan fingerprint density at radius 2 is 2.05 bits per heavy atom. The van der Waals surface area contributed by atoms with Crippen LogP contribution >= 0.6 is 15.9 Å². The van der Waals surface area contributed by atoms with Crippen molar-refractivity contribution in [3.63, 3.8) is 0 Å². The second-order valence-electron chi connectivity index (χ2n) is 3.99. The van der Waals surface area contributed by atoms with E-state index >= 15 is 0 Å². The van der Waals surface area contributed by atoms with E-state index in [1.165, 1.54) is 0 Å². The van der Waals surface area contributed by atoms with Crippen molar-refractivity contribution in [2.75, 3.05) is 26.8 Å². The van der Waals surface area contributed by atoms with E-state index in [1.54, 1.807) is 19.2 Å². The predicted octanol–water partition coefficient (Wildman–Crippen LogP) is 1.25. The molecule has 19 heavy (non-hydrogen) atoms. The van der Waals surface area contributed by atoms with E-state index in [0.717, 1.165) is 10.0 Å². The highest BCUT2D eigenvalue weighted by molar-refractivity contribution is 9.10. The average Bonchev–Trinajstić information content (AvgIpc) is 2.39. The minimum Gasteiger partial charge on any atom is -0.383 e. The Morgan fingerprint density at radius 3 is 2.68 bits per heavy atom. The summed E-state index contributed by atoms with van der Waals surface area (Å²) in [6.45, 7) is 2.77. The summed E-state index contributed by atoms with van der Waals surface area (Å²) in [6, 6.07) is 5.30. The zero-order valence-electron chi connectivity index (χ0n) is 11.0. The molecular weight excluding hydrogens is 312 g/mol. The SMILES string of the molecule is COCCNC(=O)CNC(=O)c1ccc(C)c(Br)c1. The van der Waals surface area contributed by atoms with Crippen molar-refractivity contribution in [2.24, 2.45) is 0 Å². The lowest BCUT2D eigenvalue weighted by Gasteiger charge is -2.07. The summed E-state index contributed by atoms with van der Waals surface area (Å²) in [7, 11) is 1.56. The van der Waals surface area contributed by atoms with Gasteiger partial charge in [-0.15, -0.1) is 0 Å². The molecule has 1 aromatic rings. The molecule has 104 valence electrons. The number of nitrogens with one attached hydrogen (secondary N) is 2. The molecule has 0 aliphatic heterocycles. The van der Waals surface area contributed by atoms with Gasteiger partial charge >= 0.3 is 0 Å². The third kappa shape index (κ3) is 5.40. The smallest absolute Gasteiger partial charge is 0.251 e. The molecule has 0 aliphatic carbocycles. The van der Waals surface area contributed by atoms with Crippen LogP contribution < -0.4 is 10.6 Å². The molecule has 0 saturated carbocycles. The van der Waals surface area contributed by atoms with Crippen LogP contribution in [0, 0.1) is 6.92 Å². The summed E-state index contributed by atoms with van der Waals surface area (Å²) in [5.41, 5.74) is 1.57. The molecule has 0 aliphatic rings.